The minimum atomic E-state index is 0.0649. The molecule has 0 spiro atoms. The van der Waals surface area contributed by atoms with Crippen molar-refractivity contribution in [2.75, 3.05) is 18.5 Å². The van der Waals surface area contributed by atoms with E-state index in [-0.39, 0.29) is 17.7 Å². The van der Waals surface area contributed by atoms with Gasteiger partial charge in [-0.3, -0.25) is 19.1 Å². The maximum absolute atomic E-state index is 13.0. The van der Waals surface area contributed by atoms with Gasteiger partial charge in [0.1, 0.15) is 0 Å². The summed E-state index contributed by atoms with van der Waals surface area (Å²) in [6, 6.07) is 9.96. The van der Waals surface area contributed by atoms with Crippen molar-refractivity contribution in [1.29, 1.82) is 0 Å². The Morgan fingerprint density at radius 1 is 1.06 bits per heavy atom. The van der Waals surface area contributed by atoms with Gasteiger partial charge in [-0.25, -0.2) is 4.98 Å². The number of hydrogen-bond acceptors (Lipinski definition) is 6. The lowest BCUT2D eigenvalue weighted by atomic mass is 9.96. The number of ether oxygens (including phenoxy) is 1. The number of carbonyl (C=O) groups excluding carboxylic acids is 2. The zero-order valence-corrected chi connectivity index (χ0v) is 18.9. The first kappa shape index (κ1) is 20.5. The van der Waals surface area contributed by atoms with Crippen LogP contribution in [-0.4, -0.2) is 39.6 Å². The fraction of sp³-hybridized carbons (Fsp3) is 0.360. The molecule has 1 aliphatic carbocycles. The van der Waals surface area contributed by atoms with Gasteiger partial charge in [0.15, 0.2) is 5.13 Å². The number of carbonyl (C=O) groups is 2. The van der Waals surface area contributed by atoms with Crippen molar-refractivity contribution < 1.29 is 14.3 Å². The van der Waals surface area contributed by atoms with Gasteiger partial charge >= 0.3 is 0 Å². The molecule has 7 nitrogen and oxygen atoms in total. The smallest absolute Gasteiger partial charge is 0.231 e. The Morgan fingerprint density at radius 3 is 2.73 bits per heavy atom. The minimum absolute atomic E-state index is 0.0649. The summed E-state index contributed by atoms with van der Waals surface area (Å²) in [4.78, 5) is 34.2. The van der Waals surface area contributed by atoms with Crippen LogP contribution in [-0.2, 0) is 9.53 Å². The highest BCUT2D eigenvalue weighted by molar-refractivity contribution is 7.22. The number of aromatic nitrogens is 3. The molecule has 0 unspecified atom stereocenters. The quantitative estimate of drug-likeness (QED) is 0.447. The van der Waals surface area contributed by atoms with Crippen LogP contribution in [0.4, 0.5) is 5.13 Å². The lowest BCUT2D eigenvalue weighted by Gasteiger charge is -2.21. The van der Waals surface area contributed by atoms with Gasteiger partial charge in [0, 0.05) is 43.5 Å². The summed E-state index contributed by atoms with van der Waals surface area (Å²) < 4.78 is 8.16. The third-order valence-corrected chi connectivity index (χ3v) is 7.44. The zero-order valence-electron chi connectivity index (χ0n) is 18.1. The number of anilines is 1. The van der Waals surface area contributed by atoms with Crippen LogP contribution < -0.4 is 5.32 Å². The number of pyridine rings is 1. The molecule has 1 aliphatic heterocycles. The molecule has 33 heavy (non-hydrogen) atoms. The molecule has 1 saturated carbocycles. The standard InChI is InChI=1S/C25H24N4O3S/c30-23(11-15-6-9-32-10-7-15)29-8-5-19-21(29)12-18(14-26-19)17-3-4-20-22(13-17)33-25(27-20)28-24(31)16-1-2-16/h3-5,8,12-16H,1-2,6-7,9-11H2,(H,27,28,31). The van der Waals surface area contributed by atoms with Crippen molar-refractivity contribution in [2.24, 2.45) is 11.8 Å². The van der Waals surface area contributed by atoms with Gasteiger partial charge in [-0.05, 0) is 61.4 Å². The van der Waals surface area contributed by atoms with Crippen LogP contribution in [0, 0.1) is 11.8 Å². The van der Waals surface area contributed by atoms with Crippen molar-refractivity contribution in [3.05, 3.63) is 42.7 Å². The third kappa shape index (κ3) is 4.16. The first-order valence-corrected chi connectivity index (χ1v) is 12.3. The fourth-order valence-corrected chi connectivity index (χ4v) is 5.30. The molecule has 0 bridgehead atoms. The number of amides is 1. The molecule has 4 heterocycles. The predicted molar refractivity (Wildman–Crippen MR) is 128 cm³/mol. The third-order valence-electron chi connectivity index (χ3n) is 6.51. The fourth-order valence-electron chi connectivity index (χ4n) is 4.39. The Morgan fingerprint density at radius 2 is 1.91 bits per heavy atom. The predicted octanol–water partition coefficient (Wildman–Crippen LogP) is 5.12. The van der Waals surface area contributed by atoms with E-state index in [2.05, 4.69) is 21.4 Å². The lowest BCUT2D eigenvalue weighted by molar-refractivity contribution is -0.117. The molecule has 6 rings (SSSR count). The first-order chi connectivity index (χ1) is 16.1. The SMILES string of the molecule is O=C(Nc1nc2ccc(-c3cnc4ccn(C(=O)CC5CCOCC5)c4c3)cc2s1)C1CC1. The van der Waals surface area contributed by atoms with E-state index in [1.807, 2.05) is 36.7 Å². The summed E-state index contributed by atoms with van der Waals surface area (Å²) >= 11 is 1.48. The highest BCUT2D eigenvalue weighted by atomic mass is 32.1. The van der Waals surface area contributed by atoms with E-state index in [9.17, 15) is 9.59 Å². The van der Waals surface area contributed by atoms with Crippen LogP contribution in [0.15, 0.2) is 42.7 Å². The summed E-state index contributed by atoms with van der Waals surface area (Å²) in [6.07, 6.45) is 8.00. The number of benzene rings is 1. The summed E-state index contributed by atoms with van der Waals surface area (Å²) in [5, 5.41) is 3.57. The van der Waals surface area contributed by atoms with Crippen molar-refractivity contribution in [2.45, 2.75) is 32.1 Å². The van der Waals surface area contributed by atoms with Gasteiger partial charge in [0.05, 0.1) is 21.3 Å². The topological polar surface area (TPSA) is 86.1 Å². The van der Waals surface area contributed by atoms with Crippen LogP contribution >= 0.6 is 11.3 Å². The molecule has 3 aromatic heterocycles. The molecular weight excluding hydrogens is 436 g/mol. The Hall–Kier alpha value is -3.10. The van der Waals surface area contributed by atoms with Crippen molar-refractivity contribution in [3.63, 3.8) is 0 Å². The Labute approximate surface area is 194 Å². The molecule has 1 aromatic carbocycles. The molecule has 1 saturated heterocycles. The Balaban J connectivity index is 1.27. The van der Waals surface area contributed by atoms with E-state index in [0.717, 1.165) is 71.3 Å². The average Bonchev–Trinajstić information content (AvgIpc) is 3.48. The van der Waals surface area contributed by atoms with E-state index in [1.54, 1.807) is 4.57 Å². The molecule has 0 atom stereocenters. The minimum Gasteiger partial charge on any atom is -0.381 e. The zero-order chi connectivity index (χ0) is 22.4. The molecule has 8 heteroatoms. The van der Waals surface area contributed by atoms with Gasteiger partial charge in [0.2, 0.25) is 11.8 Å². The number of rotatable bonds is 5. The van der Waals surface area contributed by atoms with Gasteiger partial charge in [0.25, 0.3) is 0 Å². The molecule has 1 amide bonds. The van der Waals surface area contributed by atoms with Crippen LogP contribution in [0.25, 0.3) is 32.4 Å². The first-order valence-electron chi connectivity index (χ1n) is 11.4. The molecule has 0 radical (unpaired) electrons. The van der Waals surface area contributed by atoms with E-state index in [4.69, 9.17) is 4.74 Å². The van der Waals surface area contributed by atoms with Crippen LogP contribution in [0.1, 0.15) is 36.9 Å². The lowest BCUT2D eigenvalue weighted by Crippen LogP contribution is -2.21. The number of fused-ring (bicyclic) bond motifs is 2. The van der Waals surface area contributed by atoms with Crippen LogP contribution in [0.3, 0.4) is 0 Å². The van der Waals surface area contributed by atoms with Gasteiger partial charge in [-0.15, -0.1) is 0 Å². The highest BCUT2D eigenvalue weighted by Gasteiger charge is 2.30. The largest absolute Gasteiger partial charge is 0.381 e. The second-order valence-corrected chi connectivity index (χ2v) is 9.96. The second-order valence-electron chi connectivity index (χ2n) is 8.93. The van der Waals surface area contributed by atoms with Gasteiger partial charge < -0.3 is 10.1 Å². The molecular formula is C25H24N4O3S. The van der Waals surface area contributed by atoms with Gasteiger partial charge in [-0.1, -0.05) is 17.4 Å². The molecule has 2 aliphatic rings. The normalized spacial score (nSPS) is 17.0. The number of nitrogens with zero attached hydrogens (tertiary/aromatic N) is 3. The monoisotopic (exact) mass is 460 g/mol. The molecule has 2 fully saturated rings. The Bertz CT molecular complexity index is 1360. The molecule has 168 valence electrons. The van der Waals surface area contributed by atoms with Crippen molar-refractivity contribution >= 4 is 49.5 Å². The van der Waals surface area contributed by atoms with E-state index < -0.39 is 0 Å². The summed E-state index contributed by atoms with van der Waals surface area (Å²) in [5.74, 6) is 0.693. The van der Waals surface area contributed by atoms with E-state index >= 15 is 0 Å². The van der Waals surface area contributed by atoms with Crippen molar-refractivity contribution in [3.8, 4) is 11.1 Å². The van der Waals surface area contributed by atoms with Crippen LogP contribution in [0.5, 0.6) is 0 Å². The van der Waals surface area contributed by atoms with Crippen LogP contribution in [0.2, 0.25) is 0 Å². The molecule has 1 N–H and O–H groups in total. The second kappa shape index (κ2) is 8.35. The van der Waals surface area contributed by atoms with E-state index in [0.29, 0.717) is 17.5 Å². The van der Waals surface area contributed by atoms with Crippen molar-refractivity contribution in [1.82, 2.24) is 14.5 Å². The number of hydrogen-bond donors (Lipinski definition) is 1. The summed E-state index contributed by atoms with van der Waals surface area (Å²) in [7, 11) is 0. The van der Waals surface area contributed by atoms with E-state index in [1.165, 1.54) is 11.3 Å². The maximum Gasteiger partial charge on any atom is 0.231 e. The average molecular weight is 461 g/mol. The summed E-state index contributed by atoms with van der Waals surface area (Å²) in [6.45, 7) is 1.48. The Kier molecular flexibility index (Phi) is 5.19. The maximum atomic E-state index is 13.0. The number of thiazole rings is 1. The summed E-state index contributed by atoms with van der Waals surface area (Å²) in [5.41, 5.74) is 4.44. The highest BCUT2D eigenvalue weighted by Crippen LogP contribution is 2.34. The number of nitrogens with one attached hydrogen (secondary N) is 1. The molecule has 4 aromatic rings. The van der Waals surface area contributed by atoms with Gasteiger partial charge in [-0.2, -0.15) is 0 Å².